The molecule has 0 aliphatic rings. The molecule has 0 aliphatic carbocycles. The van der Waals surface area contributed by atoms with E-state index in [0.717, 1.165) is 5.39 Å². The minimum atomic E-state index is -0.987. The van der Waals surface area contributed by atoms with Gasteiger partial charge in [0.1, 0.15) is 12.1 Å². The lowest BCUT2D eigenvalue weighted by molar-refractivity contribution is 0.0697. The Kier molecular flexibility index (Phi) is 3.43. The summed E-state index contributed by atoms with van der Waals surface area (Å²) in [4.78, 5) is 19.0. The smallest absolute Gasteiger partial charge is 0.335 e. The van der Waals surface area contributed by atoms with Crippen molar-refractivity contribution in [2.24, 2.45) is 0 Å². The summed E-state index contributed by atoms with van der Waals surface area (Å²) in [5, 5.41) is 13.1. The third kappa shape index (κ3) is 2.57. The molecule has 0 fully saturated rings. The third-order valence-electron chi connectivity index (χ3n) is 2.33. The summed E-state index contributed by atoms with van der Waals surface area (Å²) >= 11 is 5.67. The number of fused-ring (bicyclic) bond motifs is 1. The molecule has 2 rings (SSSR count). The Labute approximate surface area is 108 Å². The molecule has 18 heavy (non-hydrogen) atoms. The lowest BCUT2D eigenvalue weighted by Gasteiger charge is -2.07. The number of hydrogen-bond acceptors (Lipinski definition) is 4. The van der Waals surface area contributed by atoms with Gasteiger partial charge < -0.3 is 10.4 Å². The Morgan fingerprint density at radius 1 is 1.44 bits per heavy atom. The summed E-state index contributed by atoms with van der Waals surface area (Å²) < 4.78 is 0. The van der Waals surface area contributed by atoms with Crippen molar-refractivity contribution in [1.29, 1.82) is 0 Å². The van der Waals surface area contributed by atoms with Gasteiger partial charge in [-0.2, -0.15) is 0 Å². The quantitative estimate of drug-likeness (QED) is 0.886. The highest BCUT2D eigenvalue weighted by molar-refractivity contribution is 6.29. The predicted molar refractivity (Wildman–Crippen MR) is 70.0 cm³/mol. The van der Waals surface area contributed by atoms with E-state index < -0.39 is 5.97 Å². The Hall–Kier alpha value is -2.14. The van der Waals surface area contributed by atoms with Crippen LogP contribution in [0.15, 0.2) is 36.1 Å². The van der Waals surface area contributed by atoms with Crippen LogP contribution in [0.3, 0.4) is 0 Å². The molecule has 0 radical (unpaired) electrons. The van der Waals surface area contributed by atoms with E-state index in [1.807, 2.05) is 0 Å². The first-order chi connectivity index (χ1) is 8.58. The van der Waals surface area contributed by atoms with Crippen molar-refractivity contribution in [2.45, 2.75) is 0 Å². The maximum Gasteiger partial charge on any atom is 0.335 e. The van der Waals surface area contributed by atoms with E-state index >= 15 is 0 Å². The summed E-state index contributed by atoms with van der Waals surface area (Å²) in [7, 11) is 0. The molecule has 0 amide bonds. The molecular formula is C12H10ClN3O2. The predicted octanol–water partition coefficient (Wildman–Crippen LogP) is 2.49. The molecule has 5 nitrogen and oxygen atoms in total. The Balaban J connectivity index is 2.43. The van der Waals surface area contributed by atoms with Gasteiger partial charge in [0.2, 0.25) is 0 Å². The van der Waals surface area contributed by atoms with E-state index in [-0.39, 0.29) is 5.56 Å². The Bertz CT molecular complexity index is 628. The largest absolute Gasteiger partial charge is 0.478 e. The highest BCUT2D eigenvalue weighted by Crippen LogP contribution is 2.20. The molecule has 0 unspecified atom stereocenters. The summed E-state index contributed by atoms with van der Waals surface area (Å²) in [6.07, 6.45) is 1.37. The van der Waals surface area contributed by atoms with Gasteiger partial charge >= 0.3 is 5.97 Å². The van der Waals surface area contributed by atoms with Gasteiger partial charge in [0.15, 0.2) is 0 Å². The van der Waals surface area contributed by atoms with Gasteiger partial charge in [-0.15, -0.1) is 0 Å². The van der Waals surface area contributed by atoms with Crippen molar-refractivity contribution in [3.05, 3.63) is 41.7 Å². The number of hydrogen-bond donors (Lipinski definition) is 2. The van der Waals surface area contributed by atoms with Crippen LogP contribution in [-0.2, 0) is 0 Å². The zero-order valence-electron chi connectivity index (χ0n) is 9.35. The van der Waals surface area contributed by atoms with E-state index in [0.29, 0.717) is 22.9 Å². The average molecular weight is 264 g/mol. The van der Waals surface area contributed by atoms with E-state index in [1.54, 1.807) is 6.07 Å². The molecule has 0 bridgehead atoms. The minimum Gasteiger partial charge on any atom is -0.478 e. The lowest BCUT2D eigenvalue weighted by Crippen LogP contribution is -2.04. The van der Waals surface area contributed by atoms with Gasteiger partial charge in [0.05, 0.1) is 17.6 Å². The van der Waals surface area contributed by atoms with Gasteiger partial charge in [0.25, 0.3) is 0 Å². The van der Waals surface area contributed by atoms with E-state index in [2.05, 4.69) is 21.9 Å². The normalized spacial score (nSPS) is 10.3. The van der Waals surface area contributed by atoms with E-state index in [1.165, 1.54) is 18.5 Å². The number of carboxylic acid groups (broad SMARTS) is 1. The van der Waals surface area contributed by atoms with Crippen molar-refractivity contribution >= 4 is 34.3 Å². The van der Waals surface area contributed by atoms with Gasteiger partial charge in [-0.05, 0) is 18.2 Å². The topological polar surface area (TPSA) is 75.1 Å². The first kappa shape index (κ1) is 12.3. The van der Waals surface area contributed by atoms with Crippen molar-refractivity contribution < 1.29 is 9.90 Å². The van der Waals surface area contributed by atoms with Crippen LogP contribution < -0.4 is 5.32 Å². The molecule has 0 saturated carbocycles. The fourth-order valence-electron chi connectivity index (χ4n) is 1.51. The molecule has 1 aromatic heterocycles. The highest BCUT2D eigenvalue weighted by Gasteiger charge is 2.07. The first-order valence-electron chi connectivity index (χ1n) is 5.13. The molecule has 0 aliphatic heterocycles. The number of nitrogens with one attached hydrogen (secondary N) is 1. The monoisotopic (exact) mass is 263 g/mol. The highest BCUT2D eigenvalue weighted by atomic mass is 35.5. The second-order valence-corrected chi connectivity index (χ2v) is 4.16. The van der Waals surface area contributed by atoms with Gasteiger partial charge in [-0.25, -0.2) is 14.8 Å². The molecule has 92 valence electrons. The number of carboxylic acids is 1. The van der Waals surface area contributed by atoms with Crippen LogP contribution in [0.2, 0.25) is 0 Å². The maximum atomic E-state index is 10.9. The van der Waals surface area contributed by atoms with Crippen LogP contribution >= 0.6 is 11.6 Å². The van der Waals surface area contributed by atoms with Crippen LogP contribution in [0.25, 0.3) is 10.9 Å². The van der Waals surface area contributed by atoms with Crippen molar-refractivity contribution in [2.75, 3.05) is 11.9 Å². The van der Waals surface area contributed by atoms with Crippen molar-refractivity contribution in [3.8, 4) is 0 Å². The Morgan fingerprint density at radius 2 is 2.22 bits per heavy atom. The third-order valence-corrected chi connectivity index (χ3v) is 2.46. The molecule has 2 N–H and O–H groups in total. The number of anilines is 1. The maximum absolute atomic E-state index is 10.9. The van der Waals surface area contributed by atoms with Crippen LogP contribution in [0.4, 0.5) is 5.82 Å². The van der Waals surface area contributed by atoms with Crippen LogP contribution in [0.1, 0.15) is 10.4 Å². The minimum absolute atomic E-state index is 0.189. The first-order valence-corrected chi connectivity index (χ1v) is 5.51. The zero-order chi connectivity index (χ0) is 13.1. The lowest BCUT2D eigenvalue weighted by atomic mass is 10.1. The molecule has 0 spiro atoms. The average Bonchev–Trinajstić information content (AvgIpc) is 2.35. The Morgan fingerprint density at radius 3 is 2.89 bits per heavy atom. The number of carbonyl (C=O) groups is 1. The molecule has 1 heterocycles. The number of rotatable bonds is 4. The molecule has 0 saturated heterocycles. The van der Waals surface area contributed by atoms with Crippen LogP contribution in [0.5, 0.6) is 0 Å². The number of nitrogens with zero attached hydrogens (tertiary/aromatic N) is 2. The second kappa shape index (κ2) is 5.01. The summed E-state index contributed by atoms with van der Waals surface area (Å²) in [5.74, 6) is -0.391. The second-order valence-electron chi connectivity index (χ2n) is 3.63. The van der Waals surface area contributed by atoms with Crippen LogP contribution in [-0.4, -0.2) is 27.6 Å². The van der Waals surface area contributed by atoms with Crippen molar-refractivity contribution in [1.82, 2.24) is 9.97 Å². The fourth-order valence-corrected chi connectivity index (χ4v) is 1.58. The number of halogens is 1. The molecule has 1 aromatic carbocycles. The number of benzene rings is 1. The molecule has 0 atom stereocenters. The van der Waals surface area contributed by atoms with Gasteiger partial charge in [-0.3, -0.25) is 0 Å². The van der Waals surface area contributed by atoms with E-state index in [4.69, 9.17) is 16.7 Å². The molecule has 6 heteroatoms. The molecule has 2 aromatic rings. The van der Waals surface area contributed by atoms with Crippen LogP contribution in [0, 0.1) is 0 Å². The molecular weight excluding hydrogens is 254 g/mol. The fraction of sp³-hybridized carbons (Fsp3) is 0.0833. The SMILES string of the molecule is C=C(Cl)CNc1ncnc2cc(C(=O)O)ccc12. The summed E-state index contributed by atoms with van der Waals surface area (Å²) in [5.41, 5.74) is 0.751. The zero-order valence-corrected chi connectivity index (χ0v) is 10.1. The van der Waals surface area contributed by atoms with Gasteiger partial charge in [-0.1, -0.05) is 18.2 Å². The number of aromatic carboxylic acids is 1. The summed E-state index contributed by atoms with van der Waals surface area (Å²) in [6.45, 7) is 3.95. The number of aromatic nitrogens is 2. The standard InChI is InChI=1S/C12H10ClN3O2/c1-7(13)5-14-11-9-3-2-8(12(17)18)4-10(9)15-6-16-11/h2-4,6H,1,5H2,(H,17,18)(H,14,15,16). The van der Waals surface area contributed by atoms with E-state index in [9.17, 15) is 4.79 Å². The van der Waals surface area contributed by atoms with Gasteiger partial charge in [0, 0.05) is 10.4 Å². The summed E-state index contributed by atoms with van der Waals surface area (Å²) in [6, 6.07) is 4.67. The van der Waals surface area contributed by atoms with Crippen molar-refractivity contribution in [3.63, 3.8) is 0 Å².